The Hall–Kier alpha value is -2.86. The molecular formula is C17H19N7O3S2. The van der Waals surface area contributed by atoms with Crippen molar-refractivity contribution in [3.63, 3.8) is 0 Å². The maximum Gasteiger partial charge on any atom is 0.332 e. The van der Waals surface area contributed by atoms with E-state index in [-0.39, 0.29) is 11.2 Å². The van der Waals surface area contributed by atoms with Crippen molar-refractivity contribution in [2.24, 2.45) is 14.1 Å². The molecule has 0 amide bonds. The highest BCUT2D eigenvalue weighted by molar-refractivity contribution is 8.01. The van der Waals surface area contributed by atoms with Gasteiger partial charge >= 0.3 is 5.69 Å². The van der Waals surface area contributed by atoms with Crippen LogP contribution in [-0.2, 0) is 27.2 Å². The summed E-state index contributed by atoms with van der Waals surface area (Å²) in [4.78, 5) is 29.3. The van der Waals surface area contributed by atoms with Crippen molar-refractivity contribution in [1.82, 2.24) is 28.9 Å². The van der Waals surface area contributed by atoms with Gasteiger partial charge < -0.3 is 14.3 Å². The molecule has 152 valence electrons. The van der Waals surface area contributed by atoms with Crippen molar-refractivity contribution in [3.8, 4) is 0 Å². The lowest BCUT2D eigenvalue weighted by Gasteiger charge is -2.08. The monoisotopic (exact) mass is 433 g/mol. The number of fused-ring (bicyclic) bond motifs is 1. The Kier molecular flexibility index (Phi) is 5.53. The maximum absolute atomic E-state index is 12.7. The molecule has 0 atom stereocenters. The number of nitrogens with zero attached hydrogens (tertiary/aromatic N) is 6. The van der Waals surface area contributed by atoms with Crippen LogP contribution >= 0.6 is 23.1 Å². The van der Waals surface area contributed by atoms with Crippen LogP contribution < -0.4 is 16.6 Å². The molecule has 1 N–H and O–H groups in total. The number of aryl methyl sites for hydroxylation is 2. The smallest absolute Gasteiger partial charge is 0.332 e. The molecule has 4 rings (SSSR count). The predicted octanol–water partition coefficient (Wildman–Crippen LogP) is 1.67. The molecule has 0 aromatic carbocycles. The van der Waals surface area contributed by atoms with E-state index in [0.29, 0.717) is 36.4 Å². The van der Waals surface area contributed by atoms with Gasteiger partial charge in [0, 0.05) is 26.4 Å². The van der Waals surface area contributed by atoms with Gasteiger partial charge in [0.15, 0.2) is 15.5 Å². The number of hydrogen-bond acceptors (Lipinski definition) is 9. The molecule has 0 unspecified atom stereocenters. The third-order valence-corrected chi connectivity index (χ3v) is 6.45. The zero-order valence-corrected chi connectivity index (χ0v) is 17.5. The average molecular weight is 434 g/mol. The van der Waals surface area contributed by atoms with Crippen molar-refractivity contribution >= 4 is 39.4 Å². The zero-order chi connectivity index (χ0) is 20.4. The van der Waals surface area contributed by atoms with E-state index < -0.39 is 0 Å². The molecule has 0 spiro atoms. The topological polar surface area (TPSA) is 113 Å². The Bertz CT molecular complexity index is 1240. The van der Waals surface area contributed by atoms with E-state index >= 15 is 0 Å². The van der Waals surface area contributed by atoms with Crippen molar-refractivity contribution in [3.05, 3.63) is 51.3 Å². The number of nitrogens with one attached hydrogen (secondary N) is 1. The van der Waals surface area contributed by atoms with Gasteiger partial charge in [-0.25, -0.2) is 9.78 Å². The van der Waals surface area contributed by atoms with Gasteiger partial charge in [0.25, 0.3) is 5.56 Å². The molecular weight excluding hydrogens is 414 g/mol. The molecule has 0 bridgehead atoms. The van der Waals surface area contributed by atoms with Crippen LogP contribution in [-0.4, -0.2) is 34.6 Å². The number of aromatic nitrogens is 6. The van der Waals surface area contributed by atoms with Crippen LogP contribution in [0.1, 0.15) is 12.2 Å². The Morgan fingerprint density at radius 3 is 2.93 bits per heavy atom. The summed E-state index contributed by atoms with van der Waals surface area (Å²) in [5.74, 6) is 1.54. The first-order chi connectivity index (χ1) is 14.0. The van der Waals surface area contributed by atoms with E-state index in [1.165, 1.54) is 20.5 Å². The summed E-state index contributed by atoms with van der Waals surface area (Å²) < 4.78 is 10.4. The Balaban J connectivity index is 1.35. The Morgan fingerprint density at radius 2 is 2.14 bits per heavy atom. The van der Waals surface area contributed by atoms with E-state index in [1.54, 1.807) is 43.0 Å². The third kappa shape index (κ3) is 3.98. The fourth-order valence-corrected chi connectivity index (χ4v) is 4.63. The standard InChI is InChI=1S/C17H19N7O3S2/c1-22-10-19-13-12(22)14(25)24(17(26)23(13)2)6-4-8-28-16-21-20-15(29-16)18-9-11-5-3-7-27-11/h3,5,7,10H,4,6,8-9H2,1-2H3,(H,18,20). The number of anilines is 1. The number of thioether (sulfide) groups is 1. The van der Waals surface area contributed by atoms with Gasteiger partial charge in [0.2, 0.25) is 5.13 Å². The molecule has 0 saturated heterocycles. The molecule has 12 heteroatoms. The van der Waals surface area contributed by atoms with E-state index in [4.69, 9.17) is 4.42 Å². The molecule has 0 aliphatic carbocycles. The Labute approximate surface area is 173 Å². The van der Waals surface area contributed by atoms with Crippen molar-refractivity contribution in [2.45, 2.75) is 23.8 Å². The van der Waals surface area contributed by atoms with E-state index in [9.17, 15) is 9.59 Å². The van der Waals surface area contributed by atoms with Gasteiger partial charge in [-0.3, -0.25) is 13.9 Å². The number of hydrogen-bond donors (Lipinski definition) is 1. The molecule has 0 saturated carbocycles. The van der Waals surface area contributed by atoms with Crippen LogP contribution in [0.3, 0.4) is 0 Å². The second kappa shape index (κ2) is 8.25. The van der Waals surface area contributed by atoms with Crippen molar-refractivity contribution in [1.29, 1.82) is 0 Å². The summed E-state index contributed by atoms with van der Waals surface area (Å²) in [7, 11) is 3.37. The fraction of sp³-hybridized carbons (Fsp3) is 0.353. The van der Waals surface area contributed by atoms with Gasteiger partial charge in [-0.15, -0.1) is 10.2 Å². The van der Waals surface area contributed by atoms with Gasteiger partial charge in [0.05, 0.1) is 19.1 Å². The van der Waals surface area contributed by atoms with Crippen LogP contribution in [0.15, 0.2) is 43.1 Å². The highest BCUT2D eigenvalue weighted by Crippen LogP contribution is 2.26. The summed E-state index contributed by atoms with van der Waals surface area (Å²) in [6, 6.07) is 3.72. The first-order valence-electron chi connectivity index (χ1n) is 8.88. The molecule has 0 radical (unpaired) electrons. The van der Waals surface area contributed by atoms with E-state index in [1.807, 2.05) is 12.1 Å². The molecule has 0 aliphatic heterocycles. The largest absolute Gasteiger partial charge is 0.467 e. The molecule has 4 aromatic rings. The first kappa shape index (κ1) is 19.5. The average Bonchev–Trinajstić information content (AvgIpc) is 3.45. The minimum Gasteiger partial charge on any atom is -0.467 e. The number of rotatable bonds is 8. The third-order valence-electron chi connectivity index (χ3n) is 4.35. The van der Waals surface area contributed by atoms with Crippen LogP contribution in [0.5, 0.6) is 0 Å². The lowest BCUT2D eigenvalue weighted by atomic mass is 10.4. The van der Waals surface area contributed by atoms with Crippen LogP contribution in [0, 0.1) is 0 Å². The van der Waals surface area contributed by atoms with E-state index in [2.05, 4.69) is 20.5 Å². The van der Waals surface area contributed by atoms with Crippen LogP contribution in [0.2, 0.25) is 0 Å². The summed E-state index contributed by atoms with van der Waals surface area (Å²) in [6.45, 7) is 0.886. The number of furan rings is 1. The van der Waals surface area contributed by atoms with Gasteiger partial charge in [-0.1, -0.05) is 23.1 Å². The van der Waals surface area contributed by atoms with Crippen molar-refractivity contribution in [2.75, 3.05) is 11.1 Å². The fourth-order valence-electron chi connectivity index (χ4n) is 2.89. The minimum atomic E-state index is -0.355. The zero-order valence-electron chi connectivity index (χ0n) is 15.9. The quantitative estimate of drug-likeness (QED) is 0.330. The number of imidazole rings is 1. The summed E-state index contributed by atoms with van der Waals surface area (Å²) in [5.41, 5.74) is 0.160. The lowest BCUT2D eigenvalue weighted by molar-refractivity contribution is 0.518. The van der Waals surface area contributed by atoms with Crippen LogP contribution in [0.25, 0.3) is 11.2 Å². The minimum absolute atomic E-state index is 0.312. The van der Waals surface area contributed by atoms with Gasteiger partial charge in [-0.2, -0.15) is 0 Å². The lowest BCUT2D eigenvalue weighted by Crippen LogP contribution is -2.39. The van der Waals surface area contributed by atoms with E-state index in [0.717, 1.165) is 15.2 Å². The molecule has 4 aromatic heterocycles. The van der Waals surface area contributed by atoms with Crippen molar-refractivity contribution < 1.29 is 4.42 Å². The highest BCUT2D eigenvalue weighted by atomic mass is 32.2. The summed E-state index contributed by atoms with van der Waals surface area (Å²) in [5, 5.41) is 12.1. The normalized spacial score (nSPS) is 11.4. The second-order valence-corrected chi connectivity index (χ2v) is 8.65. The summed E-state index contributed by atoms with van der Waals surface area (Å²) >= 11 is 3.00. The molecule has 0 aliphatic rings. The first-order valence-corrected chi connectivity index (χ1v) is 10.7. The molecule has 0 fully saturated rings. The van der Waals surface area contributed by atoms with Gasteiger partial charge in [0.1, 0.15) is 5.76 Å². The second-order valence-electron chi connectivity index (χ2n) is 6.33. The van der Waals surface area contributed by atoms with Gasteiger partial charge in [-0.05, 0) is 18.6 Å². The SMILES string of the molecule is Cn1cnc2c1c(=O)n(CCCSc1nnc(NCc3ccco3)s1)c(=O)n2C. The molecule has 4 heterocycles. The summed E-state index contributed by atoms with van der Waals surface area (Å²) in [6.07, 6.45) is 3.82. The van der Waals surface area contributed by atoms with Crippen LogP contribution in [0.4, 0.5) is 5.13 Å². The Morgan fingerprint density at radius 1 is 1.28 bits per heavy atom. The predicted molar refractivity (Wildman–Crippen MR) is 111 cm³/mol. The maximum atomic E-state index is 12.7. The molecule has 10 nitrogen and oxygen atoms in total. The highest BCUT2D eigenvalue weighted by Gasteiger charge is 2.14. The molecule has 29 heavy (non-hydrogen) atoms.